The van der Waals surface area contributed by atoms with Gasteiger partial charge in [0.25, 0.3) is 0 Å². The highest BCUT2D eigenvalue weighted by atomic mass is 35.5. The molecule has 188 valence electrons. The van der Waals surface area contributed by atoms with Crippen molar-refractivity contribution < 1.29 is 19.1 Å². The molecule has 0 unspecified atom stereocenters. The van der Waals surface area contributed by atoms with Gasteiger partial charge in [0.1, 0.15) is 0 Å². The van der Waals surface area contributed by atoms with Crippen molar-refractivity contribution in [3.8, 4) is 0 Å². The number of aryl methyl sites for hydroxylation is 1. The van der Waals surface area contributed by atoms with E-state index in [-0.39, 0.29) is 28.3 Å². The maximum Gasteiger partial charge on any atom is 0.335 e. The molecule has 1 aromatic heterocycles. The van der Waals surface area contributed by atoms with E-state index in [1.165, 1.54) is 29.5 Å². The van der Waals surface area contributed by atoms with Crippen LogP contribution in [0.2, 0.25) is 5.02 Å². The van der Waals surface area contributed by atoms with Crippen molar-refractivity contribution in [3.05, 3.63) is 88.3 Å². The van der Waals surface area contributed by atoms with Crippen molar-refractivity contribution >= 4 is 51.8 Å². The predicted octanol–water partition coefficient (Wildman–Crippen LogP) is 7.06. The van der Waals surface area contributed by atoms with E-state index in [4.69, 9.17) is 11.6 Å². The number of carboxylic acid groups (broad SMARTS) is 1. The number of anilines is 1. The van der Waals surface area contributed by atoms with Gasteiger partial charge in [0, 0.05) is 51.5 Å². The maximum absolute atomic E-state index is 15.4. The van der Waals surface area contributed by atoms with E-state index >= 15 is 4.39 Å². The Morgan fingerprint density at radius 3 is 2.65 bits per heavy atom. The van der Waals surface area contributed by atoms with Crippen LogP contribution in [0.1, 0.15) is 40.9 Å². The Hall–Kier alpha value is -3.29. The Labute approximate surface area is 222 Å². The number of rotatable bonds is 6. The van der Waals surface area contributed by atoms with Gasteiger partial charge in [0.2, 0.25) is 5.91 Å². The van der Waals surface area contributed by atoms with Crippen LogP contribution in [-0.4, -0.2) is 28.1 Å². The Balaban J connectivity index is 1.33. The third-order valence-corrected chi connectivity index (χ3v) is 9.05. The molecule has 3 aromatic carbocycles. The summed E-state index contributed by atoms with van der Waals surface area (Å²) >= 11 is 7.54. The van der Waals surface area contributed by atoms with Gasteiger partial charge in [-0.15, -0.1) is 0 Å². The van der Waals surface area contributed by atoms with Gasteiger partial charge in [-0.05, 0) is 61.7 Å². The average Bonchev–Trinajstić information content (AvgIpc) is 3.54. The summed E-state index contributed by atoms with van der Waals surface area (Å²) in [5.74, 6) is -1.51. The smallest absolute Gasteiger partial charge is 0.335 e. The number of aromatic nitrogens is 1. The molecule has 1 aliphatic carbocycles. The van der Waals surface area contributed by atoms with Crippen LogP contribution in [0.25, 0.3) is 10.9 Å². The summed E-state index contributed by atoms with van der Waals surface area (Å²) in [4.78, 5) is 28.3. The Kier molecular flexibility index (Phi) is 5.81. The number of carbonyl (C=O) groups is 2. The molecule has 6 rings (SSSR count). The zero-order chi connectivity index (χ0) is 25.9. The molecule has 5 nitrogen and oxygen atoms in total. The summed E-state index contributed by atoms with van der Waals surface area (Å²) in [6.07, 6.45) is 2.42. The molecule has 1 aliphatic heterocycles. The molecular weight excluding hydrogens is 511 g/mol. The molecule has 0 radical (unpaired) electrons. The summed E-state index contributed by atoms with van der Waals surface area (Å²) in [5.41, 5.74) is 3.70. The number of benzene rings is 3. The van der Waals surface area contributed by atoms with E-state index in [1.54, 1.807) is 18.2 Å². The third-order valence-electron chi connectivity index (χ3n) is 7.55. The predicted molar refractivity (Wildman–Crippen MR) is 143 cm³/mol. The number of aromatic carboxylic acids is 1. The fourth-order valence-electron chi connectivity index (χ4n) is 5.46. The van der Waals surface area contributed by atoms with Gasteiger partial charge in [-0.1, -0.05) is 47.6 Å². The first kappa shape index (κ1) is 24.1. The second kappa shape index (κ2) is 8.92. The van der Waals surface area contributed by atoms with Crippen LogP contribution in [0.3, 0.4) is 0 Å². The van der Waals surface area contributed by atoms with Crippen molar-refractivity contribution in [3.63, 3.8) is 0 Å². The first-order valence-corrected chi connectivity index (χ1v) is 13.4. The maximum atomic E-state index is 15.4. The van der Waals surface area contributed by atoms with Crippen LogP contribution in [-0.2, 0) is 16.8 Å². The minimum Gasteiger partial charge on any atom is -0.478 e. The van der Waals surface area contributed by atoms with Gasteiger partial charge in [0.05, 0.1) is 16.1 Å². The molecule has 2 aliphatic rings. The third kappa shape index (κ3) is 4.01. The Morgan fingerprint density at radius 1 is 1.11 bits per heavy atom. The quantitative estimate of drug-likeness (QED) is 0.287. The topological polar surface area (TPSA) is 62.5 Å². The zero-order valence-corrected chi connectivity index (χ0v) is 21.7. The van der Waals surface area contributed by atoms with Crippen molar-refractivity contribution in [1.29, 1.82) is 0 Å². The lowest BCUT2D eigenvalue weighted by atomic mass is 9.99. The number of halogens is 2. The standard InChI is InChI=1S/C29H24ClFN2O3S/c1-17-27(37-19-6-4-5-18(15-19)28(35)36)20-9-10-22(30)25(31)26(20)32(17)14-11-24(34)33-16-29(12-13-29)21-7-2-3-8-23(21)33/h2-10,15H,11-14,16H2,1H3,(H,35,36). The number of hydrogen-bond donors (Lipinski definition) is 1. The lowest BCUT2D eigenvalue weighted by molar-refractivity contribution is -0.118. The van der Waals surface area contributed by atoms with Gasteiger partial charge in [-0.3, -0.25) is 4.79 Å². The number of nitrogens with zero attached hydrogens (tertiary/aromatic N) is 2. The van der Waals surface area contributed by atoms with Gasteiger partial charge >= 0.3 is 5.97 Å². The van der Waals surface area contributed by atoms with E-state index < -0.39 is 11.8 Å². The molecule has 1 spiro atoms. The monoisotopic (exact) mass is 534 g/mol. The molecule has 0 saturated heterocycles. The lowest BCUT2D eigenvalue weighted by Gasteiger charge is -2.19. The minimum absolute atomic E-state index is 0.0169. The van der Waals surface area contributed by atoms with Crippen LogP contribution in [0, 0.1) is 12.7 Å². The fraction of sp³-hybridized carbons (Fsp3) is 0.241. The van der Waals surface area contributed by atoms with Crippen LogP contribution >= 0.6 is 23.4 Å². The highest BCUT2D eigenvalue weighted by molar-refractivity contribution is 7.99. The molecular formula is C29H24ClFN2O3S. The number of hydrogen-bond acceptors (Lipinski definition) is 3. The molecule has 8 heteroatoms. The molecule has 1 amide bonds. The summed E-state index contributed by atoms with van der Waals surface area (Å²) < 4.78 is 17.2. The lowest BCUT2D eigenvalue weighted by Crippen LogP contribution is -2.32. The number of para-hydroxylation sites is 1. The fourth-order valence-corrected chi connectivity index (χ4v) is 6.72. The normalized spacial score (nSPS) is 15.4. The summed E-state index contributed by atoms with van der Waals surface area (Å²) in [7, 11) is 0. The van der Waals surface area contributed by atoms with Gasteiger partial charge < -0.3 is 14.6 Å². The summed E-state index contributed by atoms with van der Waals surface area (Å²) in [6.45, 7) is 2.91. The average molecular weight is 535 g/mol. The number of amides is 1. The molecule has 0 atom stereocenters. The Bertz CT molecular complexity index is 1590. The molecule has 2 heterocycles. The summed E-state index contributed by atoms with van der Waals surface area (Å²) in [6, 6.07) is 18.1. The van der Waals surface area contributed by atoms with E-state index in [2.05, 4.69) is 6.07 Å². The zero-order valence-electron chi connectivity index (χ0n) is 20.1. The van der Waals surface area contributed by atoms with Crippen molar-refractivity contribution in [2.75, 3.05) is 11.4 Å². The van der Waals surface area contributed by atoms with E-state index in [1.807, 2.05) is 40.7 Å². The van der Waals surface area contributed by atoms with Crippen molar-refractivity contribution in [2.24, 2.45) is 0 Å². The molecule has 0 bridgehead atoms. The second-order valence-electron chi connectivity index (χ2n) is 9.79. The number of fused-ring (bicyclic) bond motifs is 3. The first-order valence-electron chi connectivity index (χ1n) is 12.2. The van der Waals surface area contributed by atoms with E-state index in [0.29, 0.717) is 24.0 Å². The van der Waals surface area contributed by atoms with Crippen molar-refractivity contribution in [2.45, 2.75) is 47.9 Å². The molecule has 37 heavy (non-hydrogen) atoms. The molecule has 1 saturated carbocycles. The highest BCUT2D eigenvalue weighted by Gasteiger charge is 2.52. The van der Waals surface area contributed by atoms with E-state index in [9.17, 15) is 14.7 Å². The highest BCUT2D eigenvalue weighted by Crippen LogP contribution is 2.56. The van der Waals surface area contributed by atoms with Crippen LogP contribution in [0.5, 0.6) is 0 Å². The number of carbonyl (C=O) groups excluding carboxylic acids is 1. The minimum atomic E-state index is -1.01. The Morgan fingerprint density at radius 2 is 1.89 bits per heavy atom. The van der Waals surface area contributed by atoms with Gasteiger partial charge in [-0.2, -0.15) is 0 Å². The van der Waals surface area contributed by atoms with Crippen molar-refractivity contribution in [1.82, 2.24) is 4.57 Å². The largest absolute Gasteiger partial charge is 0.478 e. The van der Waals surface area contributed by atoms with Crippen LogP contribution < -0.4 is 4.90 Å². The number of carboxylic acids is 1. The van der Waals surface area contributed by atoms with Crippen LogP contribution in [0.4, 0.5) is 10.1 Å². The van der Waals surface area contributed by atoms with Crippen LogP contribution in [0.15, 0.2) is 70.5 Å². The van der Waals surface area contributed by atoms with E-state index in [0.717, 1.165) is 34.0 Å². The second-order valence-corrected chi connectivity index (χ2v) is 11.3. The SMILES string of the molecule is Cc1c(Sc2cccc(C(=O)O)c2)c2ccc(Cl)c(F)c2n1CCC(=O)N1CC2(CC2)c2ccccc21. The molecule has 1 fully saturated rings. The summed E-state index contributed by atoms with van der Waals surface area (Å²) in [5, 5.41) is 10.1. The van der Waals surface area contributed by atoms with Gasteiger partial charge in [0.15, 0.2) is 5.82 Å². The van der Waals surface area contributed by atoms with Gasteiger partial charge in [-0.25, -0.2) is 9.18 Å². The molecule has 1 N–H and O–H groups in total. The molecule has 4 aromatic rings. The first-order chi connectivity index (χ1) is 17.8.